The summed E-state index contributed by atoms with van der Waals surface area (Å²) in [6.45, 7) is 4.99. The van der Waals surface area contributed by atoms with Crippen molar-refractivity contribution in [3.8, 4) is 0 Å². The van der Waals surface area contributed by atoms with Crippen molar-refractivity contribution in [2.24, 2.45) is 11.8 Å². The number of benzene rings is 2. The first kappa shape index (κ1) is 15.6. The van der Waals surface area contributed by atoms with Crippen LogP contribution in [-0.2, 0) is 11.3 Å². The van der Waals surface area contributed by atoms with E-state index in [9.17, 15) is 4.79 Å². The normalized spacial score (nSPS) is 24.3. The van der Waals surface area contributed by atoms with Crippen LogP contribution in [0.25, 0.3) is 10.8 Å². The average Bonchev–Trinajstić information content (AvgIpc) is 3.45. The molecule has 1 heterocycles. The van der Waals surface area contributed by atoms with E-state index in [1.54, 1.807) is 0 Å². The molecule has 3 nitrogen and oxygen atoms in total. The first-order valence-corrected chi connectivity index (χ1v) is 9.20. The monoisotopic (exact) mass is 322 g/mol. The van der Waals surface area contributed by atoms with Gasteiger partial charge in [-0.3, -0.25) is 4.79 Å². The van der Waals surface area contributed by atoms with Crippen LogP contribution in [0.2, 0.25) is 0 Å². The minimum atomic E-state index is 0.347. The van der Waals surface area contributed by atoms with Crippen LogP contribution in [-0.4, -0.2) is 29.9 Å². The maximum Gasteiger partial charge on any atom is 0.225 e. The highest BCUT2D eigenvalue weighted by atomic mass is 16.2. The van der Waals surface area contributed by atoms with E-state index in [2.05, 4.69) is 59.6 Å². The van der Waals surface area contributed by atoms with E-state index in [0.717, 1.165) is 38.9 Å². The molecule has 1 N–H and O–H groups in total. The van der Waals surface area contributed by atoms with Gasteiger partial charge in [-0.1, -0.05) is 43.3 Å². The van der Waals surface area contributed by atoms with Gasteiger partial charge in [-0.25, -0.2) is 0 Å². The molecule has 126 valence electrons. The summed E-state index contributed by atoms with van der Waals surface area (Å²) in [7, 11) is 0. The number of likely N-dealkylation sites (tertiary alicyclic amines) is 1. The van der Waals surface area contributed by atoms with E-state index >= 15 is 0 Å². The van der Waals surface area contributed by atoms with Gasteiger partial charge in [0.15, 0.2) is 0 Å². The van der Waals surface area contributed by atoms with Crippen molar-refractivity contribution in [3.63, 3.8) is 0 Å². The van der Waals surface area contributed by atoms with E-state index in [1.165, 1.54) is 16.3 Å². The van der Waals surface area contributed by atoms with E-state index in [1.807, 2.05) is 0 Å². The molecule has 1 aliphatic carbocycles. The number of carbonyl (C=O) groups excluding carboxylic acids is 1. The molecule has 1 saturated heterocycles. The molecule has 2 atom stereocenters. The van der Waals surface area contributed by atoms with Crippen molar-refractivity contribution >= 4 is 16.7 Å². The number of carbonyl (C=O) groups is 1. The molecule has 2 aliphatic rings. The summed E-state index contributed by atoms with van der Waals surface area (Å²) >= 11 is 0. The molecule has 1 aliphatic heterocycles. The second-order valence-corrected chi connectivity index (χ2v) is 7.49. The molecule has 1 amide bonds. The summed E-state index contributed by atoms with van der Waals surface area (Å²) in [5, 5.41) is 6.31. The summed E-state index contributed by atoms with van der Waals surface area (Å²) in [4.78, 5) is 14.3. The van der Waals surface area contributed by atoms with Crippen molar-refractivity contribution in [1.82, 2.24) is 10.2 Å². The van der Waals surface area contributed by atoms with Gasteiger partial charge < -0.3 is 10.2 Å². The van der Waals surface area contributed by atoms with Gasteiger partial charge in [0.1, 0.15) is 0 Å². The van der Waals surface area contributed by atoms with Crippen molar-refractivity contribution in [1.29, 1.82) is 0 Å². The third-order valence-electron chi connectivity index (χ3n) is 5.53. The molecule has 0 unspecified atom stereocenters. The van der Waals surface area contributed by atoms with Crippen LogP contribution in [0.5, 0.6) is 0 Å². The number of hydrogen-bond donors (Lipinski definition) is 1. The van der Waals surface area contributed by atoms with Gasteiger partial charge in [-0.05, 0) is 47.6 Å². The molecular formula is C21H26N2O. The average molecular weight is 322 g/mol. The molecule has 4 rings (SSSR count). The highest BCUT2D eigenvalue weighted by Gasteiger charge is 2.36. The molecule has 1 saturated carbocycles. The fourth-order valence-corrected chi connectivity index (χ4v) is 3.84. The fraction of sp³-hybridized carbons (Fsp3) is 0.476. The first-order chi connectivity index (χ1) is 11.7. The van der Waals surface area contributed by atoms with E-state index in [-0.39, 0.29) is 0 Å². The van der Waals surface area contributed by atoms with Gasteiger partial charge in [0.05, 0.1) is 0 Å². The second kappa shape index (κ2) is 6.56. The van der Waals surface area contributed by atoms with Gasteiger partial charge in [-0.15, -0.1) is 0 Å². The third kappa shape index (κ3) is 3.32. The molecule has 2 fully saturated rings. The van der Waals surface area contributed by atoms with Gasteiger partial charge in [0.25, 0.3) is 0 Å². The topological polar surface area (TPSA) is 32.3 Å². The molecule has 0 bridgehead atoms. The zero-order chi connectivity index (χ0) is 16.5. The number of amides is 1. The summed E-state index contributed by atoms with van der Waals surface area (Å²) in [6.07, 6.45) is 3.27. The summed E-state index contributed by atoms with van der Waals surface area (Å²) < 4.78 is 0. The summed E-state index contributed by atoms with van der Waals surface area (Å²) in [5.41, 5.74) is 1.33. The minimum Gasteiger partial charge on any atom is -0.342 e. The molecule has 0 radical (unpaired) electrons. The smallest absolute Gasteiger partial charge is 0.225 e. The van der Waals surface area contributed by atoms with Gasteiger partial charge in [-0.2, -0.15) is 0 Å². The Morgan fingerprint density at radius 3 is 2.67 bits per heavy atom. The lowest BCUT2D eigenvalue weighted by molar-refractivity contribution is -0.134. The number of fused-ring (bicyclic) bond motifs is 1. The molecule has 2 aromatic rings. The second-order valence-electron chi connectivity index (χ2n) is 7.49. The van der Waals surface area contributed by atoms with Crippen LogP contribution in [0.4, 0.5) is 0 Å². The van der Waals surface area contributed by atoms with E-state index in [4.69, 9.17) is 0 Å². The number of piperidine rings is 1. The number of rotatable bonds is 4. The van der Waals surface area contributed by atoms with E-state index in [0.29, 0.717) is 23.8 Å². The Morgan fingerprint density at radius 1 is 1.12 bits per heavy atom. The van der Waals surface area contributed by atoms with Crippen LogP contribution in [0.1, 0.15) is 31.7 Å². The molecule has 2 aromatic carbocycles. The SMILES string of the molecule is C[C@@H]1CN(C(=O)C2CC2)CC[C@@H]1NCc1ccc2ccccc2c1. The molecule has 0 aromatic heterocycles. The highest BCUT2D eigenvalue weighted by Crippen LogP contribution is 2.32. The quantitative estimate of drug-likeness (QED) is 0.933. The Kier molecular flexibility index (Phi) is 4.28. The summed E-state index contributed by atoms with van der Waals surface area (Å²) in [6, 6.07) is 15.7. The lowest BCUT2D eigenvalue weighted by Crippen LogP contribution is -2.50. The van der Waals surface area contributed by atoms with Crippen molar-refractivity contribution < 1.29 is 4.79 Å². The maximum absolute atomic E-state index is 12.2. The Labute approximate surface area is 144 Å². The molecule has 24 heavy (non-hydrogen) atoms. The van der Waals surface area contributed by atoms with Crippen LogP contribution in [0.15, 0.2) is 42.5 Å². The third-order valence-corrected chi connectivity index (χ3v) is 5.53. The molecular weight excluding hydrogens is 296 g/mol. The van der Waals surface area contributed by atoms with Crippen molar-refractivity contribution in [2.45, 2.75) is 38.8 Å². The van der Waals surface area contributed by atoms with Gasteiger partial charge in [0.2, 0.25) is 5.91 Å². The molecule has 0 spiro atoms. The number of nitrogens with one attached hydrogen (secondary N) is 1. The van der Waals surface area contributed by atoms with Gasteiger partial charge in [0, 0.05) is 31.6 Å². The standard InChI is InChI=1S/C21H26N2O/c1-15-14-23(21(24)18-8-9-18)11-10-20(15)22-13-16-6-7-17-4-2-3-5-19(17)12-16/h2-7,12,15,18,20,22H,8-11,13-14H2,1H3/t15-,20+/m1/s1. The number of nitrogens with zero attached hydrogens (tertiary/aromatic N) is 1. The van der Waals surface area contributed by atoms with Crippen LogP contribution in [0, 0.1) is 11.8 Å². The Balaban J connectivity index is 1.34. The minimum absolute atomic E-state index is 0.347. The zero-order valence-corrected chi connectivity index (χ0v) is 14.4. The first-order valence-electron chi connectivity index (χ1n) is 9.20. The maximum atomic E-state index is 12.2. The zero-order valence-electron chi connectivity index (χ0n) is 14.4. The fourth-order valence-electron chi connectivity index (χ4n) is 3.84. The highest BCUT2D eigenvalue weighted by molar-refractivity contribution is 5.83. The van der Waals surface area contributed by atoms with Crippen molar-refractivity contribution in [3.05, 3.63) is 48.0 Å². The molecule has 3 heteroatoms. The van der Waals surface area contributed by atoms with Gasteiger partial charge >= 0.3 is 0 Å². The Hall–Kier alpha value is -1.87. The predicted octanol–water partition coefficient (Wildman–Crippen LogP) is 3.58. The predicted molar refractivity (Wildman–Crippen MR) is 97.7 cm³/mol. The van der Waals surface area contributed by atoms with Crippen LogP contribution >= 0.6 is 0 Å². The van der Waals surface area contributed by atoms with Crippen LogP contribution in [0.3, 0.4) is 0 Å². The Bertz CT molecular complexity index is 737. The van der Waals surface area contributed by atoms with Crippen molar-refractivity contribution in [2.75, 3.05) is 13.1 Å². The summed E-state index contributed by atoms with van der Waals surface area (Å²) in [5.74, 6) is 1.26. The van der Waals surface area contributed by atoms with Crippen LogP contribution < -0.4 is 5.32 Å². The largest absolute Gasteiger partial charge is 0.342 e. The number of hydrogen-bond acceptors (Lipinski definition) is 2. The lowest BCUT2D eigenvalue weighted by atomic mass is 9.93. The van der Waals surface area contributed by atoms with E-state index < -0.39 is 0 Å². The Morgan fingerprint density at radius 2 is 1.92 bits per heavy atom. The lowest BCUT2D eigenvalue weighted by Gasteiger charge is -2.37.